The zero-order valence-electron chi connectivity index (χ0n) is 11.2. The van der Waals surface area contributed by atoms with Crippen molar-refractivity contribution in [3.8, 4) is 0 Å². The van der Waals surface area contributed by atoms with Gasteiger partial charge in [0.15, 0.2) is 0 Å². The van der Waals surface area contributed by atoms with Gasteiger partial charge < -0.3 is 10.8 Å². The highest BCUT2D eigenvalue weighted by Crippen LogP contribution is 2.32. The molecule has 2 aromatic rings. The lowest BCUT2D eigenvalue weighted by Crippen LogP contribution is -2.21. The van der Waals surface area contributed by atoms with Crippen LogP contribution in [0.25, 0.3) is 0 Å². The first-order valence-corrected chi connectivity index (χ1v) is 6.80. The second kappa shape index (κ2) is 6.35. The van der Waals surface area contributed by atoms with Gasteiger partial charge in [-0.3, -0.25) is 0 Å². The van der Waals surface area contributed by atoms with Gasteiger partial charge in [0.25, 0.3) is 0 Å². The van der Waals surface area contributed by atoms with E-state index in [1.165, 1.54) is 6.07 Å². The van der Waals surface area contributed by atoms with Crippen molar-refractivity contribution >= 4 is 11.6 Å². The van der Waals surface area contributed by atoms with Gasteiger partial charge in [-0.2, -0.15) is 0 Å². The normalized spacial score (nSPS) is 14.1. The molecule has 2 aromatic carbocycles. The highest BCUT2D eigenvalue weighted by atomic mass is 35.5. The Hall–Kier alpha value is -1.42. The van der Waals surface area contributed by atoms with Gasteiger partial charge >= 0.3 is 0 Å². The lowest BCUT2D eigenvalue weighted by molar-refractivity contribution is 0.143. The van der Waals surface area contributed by atoms with Crippen molar-refractivity contribution in [2.45, 2.75) is 18.9 Å². The van der Waals surface area contributed by atoms with Crippen molar-refractivity contribution in [1.82, 2.24) is 0 Å². The first-order valence-electron chi connectivity index (χ1n) is 6.42. The Morgan fingerprint density at radius 1 is 1.20 bits per heavy atom. The topological polar surface area (TPSA) is 46.2 Å². The van der Waals surface area contributed by atoms with E-state index in [2.05, 4.69) is 0 Å². The molecule has 0 radical (unpaired) electrons. The van der Waals surface area contributed by atoms with Gasteiger partial charge in [-0.15, -0.1) is 0 Å². The summed E-state index contributed by atoms with van der Waals surface area (Å²) >= 11 is 5.85. The van der Waals surface area contributed by atoms with E-state index in [9.17, 15) is 9.50 Å². The van der Waals surface area contributed by atoms with Gasteiger partial charge in [0.2, 0.25) is 0 Å². The van der Waals surface area contributed by atoms with Crippen LogP contribution in [0.3, 0.4) is 0 Å². The molecule has 0 fully saturated rings. The molecule has 2 unspecified atom stereocenters. The Kier molecular flexibility index (Phi) is 4.76. The molecule has 2 rings (SSSR count). The number of nitrogens with two attached hydrogens (primary N) is 1. The van der Waals surface area contributed by atoms with Gasteiger partial charge in [0.1, 0.15) is 5.82 Å². The molecule has 0 heterocycles. The molecule has 0 aromatic heterocycles. The second-order valence-electron chi connectivity index (χ2n) is 4.86. The van der Waals surface area contributed by atoms with Crippen LogP contribution in [0, 0.1) is 12.7 Å². The van der Waals surface area contributed by atoms with Crippen LogP contribution in [0.5, 0.6) is 0 Å². The van der Waals surface area contributed by atoms with Crippen molar-refractivity contribution in [3.05, 3.63) is 70.0 Å². The fourth-order valence-corrected chi connectivity index (χ4v) is 2.37. The molecule has 106 valence electrons. The van der Waals surface area contributed by atoms with Crippen LogP contribution in [-0.4, -0.2) is 11.7 Å². The maximum absolute atomic E-state index is 14.0. The maximum Gasteiger partial charge on any atom is 0.129 e. The molecule has 3 N–H and O–H groups in total. The van der Waals surface area contributed by atoms with Crippen molar-refractivity contribution in [2.24, 2.45) is 5.73 Å². The quantitative estimate of drug-likeness (QED) is 0.905. The summed E-state index contributed by atoms with van der Waals surface area (Å²) in [6, 6.07) is 11.9. The molecular weight excluding hydrogens is 277 g/mol. The molecule has 0 bridgehead atoms. The molecule has 0 amide bonds. The first-order chi connectivity index (χ1) is 9.52. The summed E-state index contributed by atoms with van der Waals surface area (Å²) in [5.41, 5.74) is 7.66. The summed E-state index contributed by atoms with van der Waals surface area (Å²) in [6.07, 6.45) is -0.984. The number of aryl methyl sites for hydroxylation is 1. The van der Waals surface area contributed by atoms with Crippen LogP contribution in [0.1, 0.15) is 28.7 Å². The lowest BCUT2D eigenvalue weighted by atomic mass is 9.88. The van der Waals surface area contributed by atoms with Crippen molar-refractivity contribution < 1.29 is 9.50 Å². The summed E-state index contributed by atoms with van der Waals surface area (Å²) in [7, 11) is 0. The van der Waals surface area contributed by atoms with Crippen molar-refractivity contribution in [2.75, 3.05) is 6.54 Å². The summed E-state index contributed by atoms with van der Waals surface area (Å²) in [4.78, 5) is 0. The predicted molar refractivity (Wildman–Crippen MR) is 79.3 cm³/mol. The van der Waals surface area contributed by atoms with E-state index in [0.29, 0.717) is 5.02 Å². The number of hydrogen-bond donors (Lipinski definition) is 2. The standard InChI is InChI=1S/C16H17ClFNO/c1-10-2-7-13(15(18)8-10)16(20)14(9-19)11-3-5-12(17)6-4-11/h2-8,14,16,20H,9,19H2,1H3. The molecule has 2 atom stereocenters. The average molecular weight is 294 g/mol. The van der Waals surface area contributed by atoms with Crippen LogP contribution in [0.4, 0.5) is 4.39 Å². The monoisotopic (exact) mass is 293 g/mol. The molecule has 20 heavy (non-hydrogen) atoms. The molecule has 0 saturated carbocycles. The summed E-state index contributed by atoms with van der Waals surface area (Å²) in [5.74, 6) is -0.783. The SMILES string of the molecule is Cc1ccc(C(O)C(CN)c2ccc(Cl)cc2)c(F)c1. The number of benzene rings is 2. The van der Waals surface area contributed by atoms with E-state index in [1.807, 2.05) is 0 Å². The fourth-order valence-electron chi connectivity index (χ4n) is 2.25. The molecular formula is C16H17ClFNO. The predicted octanol–water partition coefficient (Wildman–Crippen LogP) is 3.56. The third-order valence-corrected chi connectivity index (χ3v) is 3.66. The molecule has 0 spiro atoms. The summed E-state index contributed by atoms with van der Waals surface area (Å²) in [6.45, 7) is 2.02. The number of aliphatic hydroxyl groups excluding tert-OH is 1. The van der Waals surface area contributed by atoms with E-state index >= 15 is 0 Å². The third kappa shape index (κ3) is 3.18. The maximum atomic E-state index is 14.0. The van der Waals surface area contributed by atoms with Gasteiger partial charge in [-0.25, -0.2) is 4.39 Å². The summed E-state index contributed by atoms with van der Waals surface area (Å²) < 4.78 is 14.0. The smallest absolute Gasteiger partial charge is 0.129 e. The van der Waals surface area contributed by atoms with Crippen LogP contribution < -0.4 is 5.73 Å². The van der Waals surface area contributed by atoms with Crippen LogP contribution in [0.2, 0.25) is 5.02 Å². The Balaban J connectivity index is 2.33. The van der Waals surface area contributed by atoms with Crippen molar-refractivity contribution in [1.29, 1.82) is 0 Å². The Labute approximate surface area is 123 Å². The van der Waals surface area contributed by atoms with E-state index in [-0.39, 0.29) is 18.0 Å². The minimum Gasteiger partial charge on any atom is -0.388 e. The number of rotatable bonds is 4. The molecule has 0 aliphatic heterocycles. The summed E-state index contributed by atoms with van der Waals surface area (Å²) in [5, 5.41) is 11.0. The Morgan fingerprint density at radius 2 is 1.85 bits per heavy atom. The van der Waals surface area contributed by atoms with Crippen LogP contribution >= 0.6 is 11.6 Å². The van der Waals surface area contributed by atoms with Crippen LogP contribution in [0.15, 0.2) is 42.5 Å². The van der Waals surface area contributed by atoms with Crippen molar-refractivity contribution in [3.63, 3.8) is 0 Å². The number of hydrogen-bond acceptors (Lipinski definition) is 2. The molecule has 0 saturated heterocycles. The largest absolute Gasteiger partial charge is 0.388 e. The van der Waals surface area contributed by atoms with E-state index < -0.39 is 11.9 Å². The number of aliphatic hydroxyl groups is 1. The van der Waals surface area contributed by atoms with Gasteiger partial charge in [0.05, 0.1) is 6.10 Å². The molecule has 0 aliphatic carbocycles. The highest BCUT2D eigenvalue weighted by Gasteiger charge is 2.24. The van der Waals surface area contributed by atoms with E-state index in [0.717, 1.165) is 11.1 Å². The Bertz CT molecular complexity index is 586. The highest BCUT2D eigenvalue weighted by molar-refractivity contribution is 6.30. The third-order valence-electron chi connectivity index (χ3n) is 3.41. The fraction of sp³-hybridized carbons (Fsp3) is 0.250. The second-order valence-corrected chi connectivity index (χ2v) is 5.30. The van der Waals surface area contributed by atoms with E-state index in [1.54, 1.807) is 43.3 Å². The van der Waals surface area contributed by atoms with E-state index in [4.69, 9.17) is 17.3 Å². The molecule has 4 heteroatoms. The zero-order valence-corrected chi connectivity index (χ0v) is 11.9. The van der Waals surface area contributed by atoms with Gasteiger partial charge in [-0.05, 0) is 36.2 Å². The van der Waals surface area contributed by atoms with Crippen LogP contribution in [-0.2, 0) is 0 Å². The average Bonchev–Trinajstić information content (AvgIpc) is 2.41. The van der Waals surface area contributed by atoms with Gasteiger partial charge in [0, 0.05) is 23.0 Å². The van der Waals surface area contributed by atoms with Gasteiger partial charge in [-0.1, -0.05) is 35.9 Å². The molecule has 2 nitrogen and oxygen atoms in total. The minimum absolute atomic E-state index is 0.218. The number of halogens is 2. The lowest BCUT2D eigenvalue weighted by Gasteiger charge is -2.23. The molecule has 0 aliphatic rings. The first kappa shape index (κ1) is 15.0. The minimum atomic E-state index is -0.984. The Morgan fingerprint density at radius 3 is 2.40 bits per heavy atom. The zero-order chi connectivity index (χ0) is 14.7.